The van der Waals surface area contributed by atoms with Crippen LogP contribution in [0.1, 0.15) is 38.8 Å². The molecule has 0 unspecified atom stereocenters. The number of phenolic OH excluding ortho intramolecular Hbond substituents is 1. The molecule has 7 nitrogen and oxygen atoms in total. The number of ether oxygens (including phenoxy) is 1. The van der Waals surface area contributed by atoms with E-state index in [2.05, 4.69) is 20.9 Å². The molecule has 0 fully saturated rings. The van der Waals surface area contributed by atoms with E-state index in [0.717, 1.165) is 12.0 Å². The fourth-order valence-corrected chi connectivity index (χ4v) is 2.66. The number of hydrogen-bond donors (Lipinski definition) is 4. The van der Waals surface area contributed by atoms with Crippen LogP contribution in [0.3, 0.4) is 0 Å². The first-order chi connectivity index (χ1) is 14.7. The molecule has 0 aliphatic carbocycles. The van der Waals surface area contributed by atoms with Gasteiger partial charge in [-0.3, -0.25) is 5.32 Å². The van der Waals surface area contributed by atoms with Gasteiger partial charge >= 0.3 is 6.09 Å². The monoisotopic (exact) mass is 430 g/mol. The number of halogens is 1. The highest BCUT2D eigenvalue weighted by molar-refractivity contribution is 5.84. The average molecular weight is 431 g/mol. The molecule has 2 aromatic carbocycles. The number of aromatic hydroxyl groups is 1. The first-order valence-electron chi connectivity index (χ1n) is 10.2. The van der Waals surface area contributed by atoms with Crippen LogP contribution in [0.25, 0.3) is 0 Å². The van der Waals surface area contributed by atoms with E-state index in [1.54, 1.807) is 6.07 Å². The zero-order valence-corrected chi connectivity index (χ0v) is 18.5. The van der Waals surface area contributed by atoms with Crippen molar-refractivity contribution in [3.05, 3.63) is 59.4 Å². The van der Waals surface area contributed by atoms with Gasteiger partial charge in [-0.05, 0) is 69.5 Å². The van der Waals surface area contributed by atoms with Gasteiger partial charge in [0.1, 0.15) is 5.60 Å². The van der Waals surface area contributed by atoms with E-state index in [4.69, 9.17) is 4.74 Å². The van der Waals surface area contributed by atoms with E-state index in [1.165, 1.54) is 12.1 Å². The summed E-state index contributed by atoms with van der Waals surface area (Å²) in [6.07, 6.45) is 0.271. The van der Waals surface area contributed by atoms with Crippen LogP contribution in [0, 0.1) is 5.82 Å². The van der Waals surface area contributed by atoms with Gasteiger partial charge in [-0.1, -0.05) is 18.2 Å². The lowest BCUT2D eigenvalue weighted by atomic mass is 10.1. The number of hydrogen-bond acceptors (Lipinski definition) is 4. The number of nitrogens with one attached hydrogen (secondary N) is 3. The number of benzene rings is 2. The summed E-state index contributed by atoms with van der Waals surface area (Å²) in [5, 5.41) is 18.4. The van der Waals surface area contributed by atoms with Crippen molar-refractivity contribution in [2.45, 2.75) is 46.3 Å². The Kier molecular flexibility index (Phi) is 8.66. The van der Waals surface area contributed by atoms with Crippen LogP contribution in [0.5, 0.6) is 5.75 Å². The Hall–Kier alpha value is -3.29. The third-order valence-electron chi connectivity index (χ3n) is 4.08. The Labute approximate surface area is 182 Å². The molecule has 2 rings (SSSR count). The predicted molar refractivity (Wildman–Crippen MR) is 121 cm³/mol. The van der Waals surface area contributed by atoms with Crippen LogP contribution in [0.4, 0.5) is 14.9 Å². The highest BCUT2D eigenvalue weighted by atomic mass is 19.1. The van der Waals surface area contributed by atoms with Gasteiger partial charge in [0.05, 0.1) is 6.54 Å². The quantitative estimate of drug-likeness (QED) is 0.391. The second-order valence-electron chi connectivity index (χ2n) is 7.98. The van der Waals surface area contributed by atoms with Crippen molar-refractivity contribution < 1.29 is 19.0 Å². The molecule has 31 heavy (non-hydrogen) atoms. The number of guanidine groups is 1. The van der Waals surface area contributed by atoms with Crippen molar-refractivity contribution in [3.8, 4) is 5.75 Å². The molecule has 0 atom stereocenters. The Morgan fingerprint density at radius 3 is 2.39 bits per heavy atom. The second kappa shape index (κ2) is 11.2. The Balaban J connectivity index is 1.85. The molecule has 1 amide bonds. The van der Waals surface area contributed by atoms with E-state index >= 15 is 0 Å². The van der Waals surface area contributed by atoms with Crippen LogP contribution in [0.2, 0.25) is 0 Å². The Bertz CT molecular complexity index is 893. The standard InChI is InChI=1S/C23H31FN4O3/c1-5-25-21(27-15-17-8-11-20(29)19(24)14-17)26-13-12-16-6-9-18(10-7-16)28-22(30)31-23(2,3)4/h6-11,14,29H,5,12-13,15H2,1-4H3,(H,28,30)(H2,25,26,27). The maximum absolute atomic E-state index is 13.5. The lowest BCUT2D eigenvalue weighted by Crippen LogP contribution is -2.38. The minimum atomic E-state index is -0.657. The van der Waals surface area contributed by atoms with Crippen molar-refractivity contribution in [1.29, 1.82) is 0 Å². The van der Waals surface area contributed by atoms with E-state index < -0.39 is 17.5 Å². The third kappa shape index (κ3) is 8.94. The molecular weight excluding hydrogens is 399 g/mol. The number of nitrogens with zero attached hydrogens (tertiary/aromatic N) is 1. The fourth-order valence-electron chi connectivity index (χ4n) is 2.66. The van der Waals surface area contributed by atoms with Crippen molar-refractivity contribution >= 4 is 17.7 Å². The molecule has 2 aromatic rings. The van der Waals surface area contributed by atoms with Gasteiger partial charge in [0, 0.05) is 18.8 Å². The third-order valence-corrected chi connectivity index (χ3v) is 4.08. The Morgan fingerprint density at radius 2 is 1.77 bits per heavy atom. The van der Waals surface area contributed by atoms with Gasteiger partial charge in [0.15, 0.2) is 17.5 Å². The smallest absolute Gasteiger partial charge is 0.412 e. The summed E-state index contributed by atoms with van der Waals surface area (Å²) < 4.78 is 18.7. The van der Waals surface area contributed by atoms with Crippen molar-refractivity contribution in [3.63, 3.8) is 0 Å². The van der Waals surface area contributed by atoms with Gasteiger partial charge in [0.25, 0.3) is 0 Å². The number of anilines is 1. The number of carbonyl (C=O) groups excluding carboxylic acids is 1. The number of aliphatic imine (C=N–C) groups is 1. The summed E-state index contributed by atoms with van der Waals surface area (Å²) in [5.74, 6) is -0.403. The summed E-state index contributed by atoms with van der Waals surface area (Å²) >= 11 is 0. The molecule has 0 saturated carbocycles. The van der Waals surface area contributed by atoms with Crippen LogP contribution < -0.4 is 16.0 Å². The zero-order valence-electron chi connectivity index (χ0n) is 18.5. The normalized spacial score (nSPS) is 11.7. The predicted octanol–water partition coefficient (Wildman–Crippen LogP) is 4.18. The lowest BCUT2D eigenvalue weighted by molar-refractivity contribution is 0.0636. The van der Waals surface area contributed by atoms with Crippen molar-refractivity contribution in [1.82, 2.24) is 10.6 Å². The molecule has 0 heterocycles. The summed E-state index contributed by atoms with van der Waals surface area (Å²) in [4.78, 5) is 16.3. The summed E-state index contributed by atoms with van der Waals surface area (Å²) in [6, 6.07) is 11.8. The first kappa shape index (κ1) is 24.0. The Morgan fingerprint density at radius 1 is 1.10 bits per heavy atom. The van der Waals surface area contributed by atoms with E-state index in [1.807, 2.05) is 52.0 Å². The zero-order chi connectivity index (χ0) is 22.9. The number of phenols is 1. The number of amides is 1. The van der Waals surface area contributed by atoms with Gasteiger partial charge < -0.3 is 20.5 Å². The molecule has 168 valence electrons. The van der Waals surface area contributed by atoms with Crippen molar-refractivity contribution in [2.75, 3.05) is 18.4 Å². The number of carbonyl (C=O) groups is 1. The summed E-state index contributed by atoms with van der Waals surface area (Å²) in [5.41, 5.74) is 1.89. The van der Waals surface area contributed by atoms with Gasteiger partial charge in [-0.15, -0.1) is 0 Å². The molecule has 8 heteroatoms. The van der Waals surface area contributed by atoms with Crippen LogP contribution in [-0.4, -0.2) is 35.8 Å². The lowest BCUT2D eigenvalue weighted by Gasteiger charge is -2.19. The molecular formula is C23H31FN4O3. The highest BCUT2D eigenvalue weighted by Gasteiger charge is 2.16. The molecule has 0 saturated heterocycles. The van der Waals surface area contributed by atoms with Gasteiger partial charge in [0.2, 0.25) is 0 Å². The van der Waals surface area contributed by atoms with E-state index in [-0.39, 0.29) is 12.3 Å². The minimum Gasteiger partial charge on any atom is -0.505 e. The van der Waals surface area contributed by atoms with Gasteiger partial charge in [-0.2, -0.15) is 0 Å². The number of rotatable bonds is 7. The molecule has 0 bridgehead atoms. The molecule has 0 radical (unpaired) electrons. The maximum Gasteiger partial charge on any atom is 0.412 e. The van der Waals surface area contributed by atoms with Crippen LogP contribution in [0.15, 0.2) is 47.5 Å². The second-order valence-corrected chi connectivity index (χ2v) is 7.98. The average Bonchev–Trinajstić information content (AvgIpc) is 2.68. The molecule has 0 aliphatic rings. The van der Waals surface area contributed by atoms with Gasteiger partial charge in [-0.25, -0.2) is 14.2 Å². The summed E-state index contributed by atoms with van der Waals surface area (Å²) in [7, 11) is 0. The van der Waals surface area contributed by atoms with E-state index in [9.17, 15) is 14.3 Å². The topological polar surface area (TPSA) is 95.0 Å². The molecule has 4 N–H and O–H groups in total. The molecule has 0 aromatic heterocycles. The molecule has 0 spiro atoms. The van der Waals surface area contributed by atoms with Crippen molar-refractivity contribution in [2.24, 2.45) is 4.99 Å². The molecule has 0 aliphatic heterocycles. The summed E-state index contributed by atoms with van der Waals surface area (Å²) in [6.45, 7) is 9.05. The van der Waals surface area contributed by atoms with E-state index in [0.29, 0.717) is 30.3 Å². The van der Waals surface area contributed by atoms with Crippen LogP contribution in [-0.2, 0) is 17.7 Å². The maximum atomic E-state index is 13.5. The minimum absolute atomic E-state index is 0.289. The fraction of sp³-hybridized carbons (Fsp3) is 0.391. The van der Waals surface area contributed by atoms with Crippen LogP contribution >= 0.6 is 0 Å². The SMILES string of the molecule is CCNC(=NCc1ccc(O)c(F)c1)NCCc1ccc(NC(=O)OC(C)(C)C)cc1. The highest BCUT2D eigenvalue weighted by Crippen LogP contribution is 2.16. The largest absolute Gasteiger partial charge is 0.505 e. The first-order valence-corrected chi connectivity index (χ1v) is 10.2.